The Hall–Kier alpha value is 0.180. The summed E-state index contributed by atoms with van der Waals surface area (Å²) in [6.45, 7) is 0.585. The average molecular weight is 402 g/mol. The number of hydrogen-bond acceptors (Lipinski definition) is 2. The largest absolute Gasteiger partial charge is 0.269 e. The van der Waals surface area contributed by atoms with Gasteiger partial charge in [-0.1, -0.05) is 0 Å². The van der Waals surface area contributed by atoms with E-state index in [1.165, 1.54) is 4.31 Å². The molecule has 1 aromatic carbocycles. The monoisotopic (exact) mass is 401 g/mol. The molecule has 1 heterocycles. The van der Waals surface area contributed by atoms with E-state index in [-0.39, 0.29) is 5.75 Å². The van der Waals surface area contributed by atoms with Crippen molar-refractivity contribution in [3.05, 3.63) is 26.2 Å². The Bertz CT molecular complexity index is 489. The highest BCUT2D eigenvalue weighted by Gasteiger charge is 2.29. The third kappa shape index (κ3) is 2.31. The molecular weight excluding hydrogens is 393 g/mol. The number of anilines is 1. The fourth-order valence-electron chi connectivity index (χ4n) is 1.59. The first-order valence-corrected chi connectivity index (χ1v) is 7.94. The van der Waals surface area contributed by atoms with Crippen LogP contribution in [0.5, 0.6) is 0 Å². The molecule has 0 radical (unpaired) electrons. The number of rotatable bonds is 1. The third-order valence-electron chi connectivity index (χ3n) is 2.28. The van der Waals surface area contributed by atoms with E-state index in [4.69, 9.17) is 0 Å². The van der Waals surface area contributed by atoms with Crippen LogP contribution >= 0.6 is 38.5 Å². The molecule has 0 atom stereocenters. The van der Waals surface area contributed by atoms with E-state index in [1.807, 2.05) is 18.2 Å². The molecule has 0 saturated carbocycles. The zero-order valence-electron chi connectivity index (χ0n) is 7.78. The van der Waals surface area contributed by atoms with Crippen molar-refractivity contribution in [2.75, 3.05) is 16.6 Å². The van der Waals surface area contributed by atoms with Crippen LogP contribution in [0.1, 0.15) is 6.42 Å². The molecule has 0 aliphatic carbocycles. The minimum Gasteiger partial charge on any atom is -0.269 e. The van der Waals surface area contributed by atoms with Gasteiger partial charge in [0.1, 0.15) is 0 Å². The van der Waals surface area contributed by atoms with Crippen LogP contribution < -0.4 is 4.31 Å². The van der Waals surface area contributed by atoms with Crippen LogP contribution in [0.2, 0.25) is 0 Å². The van der Waals surface area contributed by atoms with Crippen LogP contribution in [-0.2, 0) is 10.0 Å². The summed E-state index contributed by atoms with van der Waals surface area (Å²) in [6.07, 6.45) is 0.709. The third-order valence-corrected chi connectivity index (χ3v) is 5.44. The molecule has 1 aliphatic rings. The van der Waals surface area contributed by atoms with E-state index in [0.717, 1.165) is 13.7 Å². The lowest BCUT2D eigenvalue weighted by Crippen LogP contribution is -2.25. The van der Waals surface area contributed by atoms with E-state index < -0.39 is 10.0 Å². The number of nitrogens with zero attached hydrogens (tertiary/aromatic N) is 1. The Balaban J connectivity index is 2.46. The maximum Gasteiger partial charge on any atom is 0.235 e. The number of benzene rings is 1. The van der Waals surface area contributed by atoms with Gasteiger partial charge in [-0.2, -0.15) is 0 Å². The predicted molar refractivity (Wildman–Crippen MR) is 72.6 cm³/mol. The van der Waals surface area contributed by atoms with E-state index in [0.29, 0.717) is 13.0 Å². The Morgan fingerprint density at radius 2 is 2.13 bits per heavy atom. The van der Waals surface area contributed by atoms with Gasteiger partial charge in [0.15, 0.2) is 0 Å². The van der Waals surface area contributed by atoms with Gasteiger partial charge in [-0.15, -0.1) is 0 Å². The van der Waals surface area contributed by atoms with E-state index >= 15 is 0 Å². The molecule has 0 unspecified atom stereocenters. The molecule has 82 valence electrons. The number of sulfonamides is 1. The number of hydrogen-bond donors (Lipinski definition) is 0. The van der Waals surface area contributed by atoms with Crippen LogP contribution in [0.25, 0.3) is 0 Å². The lowest BCUT2D eigenvalue weighted by Gasteiger charge is -2.18. The van der Waals surface area contributed by atoms with Gasteiger partial charge in [-0.25, -0.2) is 8.42 Å². The Kier molecular flexibility index (Phi) is 3.27. The highest BCUT2D eigenvalue weighted by molar-refractivity contribution is 14.1. The summed E-state index contributed by atoms with van der Waals surface area (Å²) >= 11 is 5.59. The van der Waals surface area contributed by atoms with Crippen molar-refractivity contribution >= 4 is 54.2 Å². The molecule has 1 aromatic rings. The fourth-order valence-corrected chi connectivity index (χ4v) is 4.80. The van der Waals surface area contributed by atoms with Crippen LogP contribution in [0.15, 0.2) is 22.7 Å². The second-order valence-corrected chi connectivity index (χ2v) is 7.45. The molecule has 0 aromatic heterocycles. The van der Waals surface area contributed by atoms with Gasteiger partial charge in [0, 0.05) is 14.6 Å². The van der Waals surface area contributed by atoms with E-state index in [2.05, 4.69) is 38.5 Å². The lowest BCUT2D eigenvalue weighted by atomic mass is 10.3. The Labute approximate surface area is 111 Å². The summed E-state index contributed by atoms with van der Waals surface area (Å²) in [5.41, 5.74) is 0.743. The molecule has 3 nitrogen and oxygen atoms in total. The van der Waals surface area contributed by atoms with Gasteiger partial charge in [-0.05, 0) is 63.1 Å². The number of halogens is 2. The Morgan fingerprint density at radius 1 is 1.40 bits per heavy atom. The second kappa shape index (κ2) is 4.21. The highest BCUT2D eigenvalue weighted by atomic mass is 127. The van der Waals surface area contributed by atoms with E-state index in [1.54, 1.807) is 0 Å². The van der Waals surface area contributed by atoms with Gasteiger partial charge < -0.3 is 0 Å². The summed E-state index contributed by atoms with van der Waals surface area (Å²) in [5.74, 6) is 0.255. The van der Waals surface area contributed by atoms with Gasteiger partial charge in [0.25, 0.3) is 0 Å². The topological polar surface area (TPSA) is 37.4 Å². The molecule has 0 bridgehead atoms. The molecule has 0 amide bonds. The van der Waals surface area contributed by atoms with Crippen LogP contribution in [0, 0.1) is 3.57 Å². The molecule has 2 rings (SSSR count). The summed E-state index contributed by atoms with van der Waals surface area (Å²) in [7, 11) is -3.07. The molecular formula is C9H9BrINO2S. The molecule has 1 fully saturated rings. The smallest absolute Gasteiger partial charge is 0.235 e. The molecule has 0 N–H and O–H groups in total. The van der Waals surface area contributed by atoms with Crippen molar-refractivity contribution in [3.63, 3.8) is 0 Å². The standard InChI is InChI=1S/C9H9BrINO2S/c10-8-6-7(11)2-3-9(8)12-4-1-5-15(12,13)14/h2-3,6H,1,4-5H2. The molecule has 6 heteroatoms. The first kappa shape index (κ1) is 11.7. The summed E-state index contributed by atoms with van der Waals surface area (Å²) < 4.78 is 26.8. The molecule has 15 heavy (non-hydrogen) atoms. The van der Waals surface area contributed by atoms with Gasteiger partial charge in [0.2, 0.25) is 10.0 Å². The minimum absolute atomic E-state index is 0.255. The van der Waals surface area contributed by atoms with Crippen LogP contribution in [0.3, 0.4) is 0 Å². The van der Waals surface area contributed by atoms with Crippen molar-refractivity contribution < 1.29 is 8.42 Å². The predicted octanol–water partition coefficient (Wildman–Crippen LogP) is 2.59. The highest BCUT2D eigenvalue weighted by Crippen LogP contribution is 2.32. The maximum atomic E-state index is 11.7. The summed E-state index contributed by atoms with van der Waals surface area (Å²) in [6, 6.07) is 5.67. The van der Waals surface area contributed by atoms with Crippen LogP contribution in [-0.4, -0.2) is 20.7 Å². The lowest BCUT2D eigenvalue weighted by molar-refractivity contribution is 0.599. The summed E-state index contributed by atoms with van der Waals surface area (Å²) in [4.78, 5) is 0. The zero-order chi connectivity index (χ0) is 11.1. The van der Waals surface area contributed by atoms with E-state index in [9.17, 15) is 8.42 Å². The first-order chi connectivity index (χ1) is 7.00. The quantitative estimate of drug-likeness (QED) is 0.678. The second-order valence-electron chi connectivity index (χ2n) is 3.34. The molecule has 1 saturated heterocycles. The van der Waals surface area contributed by atoms with Crippen molar-refractivity contribution in [3.8, 4) is 0 Å². The van der Waals surface area contributed by atoms with Crippen molar-refractivity contribution in [2.45, 2.75) is 6.42 Å². The van der Waals surface area contributed by atoms with Crippen LogP contribution in [0.4, 0.5) is 5.69 Å². The fraction of sp³-hybridized carbons (Fsp3) is 0.333. The maximum absolute atomic E-state index is 11.7. The van der Waals surface area contributed by atoms with Crippen molar-refractivity contribution in [2.24, 2.45) is 0 Å². The molecule has 0 spiro atoms. The van der Waals surface area contributed by atoms with Gasteiger partial charge in [-0.3, -0.25) is 4.31 Å². The first-order valence-electron chi connectivity index (χ1n) is 4.46. The Morgan fingerprint density at radius 3 is 2.67 bits per heavy atom. The average Bonchev–Trinajstić information content (AvgIpc) is 2.46. The molecule has 1 aliphatic heterocycles. The SMILES string of the molecule is O=S1(=O)CCCN1c1ccc(I)cc1Br. The van der Waals surface area contributed by atoms with Crippen molar-refractivity contribution in [1.82, 2.24) is 0 Å². The van der Waals surface area contributed by atoms with Crippen molar-refractivity contribution in [1.29, 1.82) is 0 Å². The normalized spacial score (nSPS) is 19.5. The van der Waals surface area contributed by atoms with Gasteiger partial charge >= 0.3 is 0 Å². The minimum atomic E-state index is -3.07. The zero-order valence-corrected chi connectivity index (χ0v) is 12.3. The van der Waals surface area contributed by atoms with Gasteiger partial charge in [0.05, 0.1) is 11.4 Å². The summed E-state index contributed by atoms with van der Waals surface area (Å²) in [5, 5.41) is 0.